The average molecular weight is 386 g/mol. The lowest BCUT2D eigenvalue weighted by atomic mass is 10.0. The fourth-order valence-corrected chi connectivity index (χ4v) is 4.34. The minimum Gasteiger partial charge on any atom is -0.361 e. The van der Waals surface area contributed by atoms with Gasteiger partial charge in [0.05, 0.1) is 12.2 Å². The molecular weight excluding hydrogens is 358 g/mol. The molecule has 0 bridgehead atoms. The lowest BCUT2D eigenvalue weighted by molar-refractivity contribution is -0.324. The number of halogens is 2. The van der Waals surface area contributed by atoms with Gasteiger partial charge in [-0.15, -0.1) is 0 Å². The van der Waals surface area contributed by atoms with E-state index in [9.17, 15) is 0 Å². The Bertz CT molecular complexity index is 733. The van der Waals surface area contributed by atoms with Crippen molar-refractivity contribution in [2.45, 2.75) is 75.8 Å². The largest absolute Gasteiger partial charge is 0.386 e. The van der Waals surface area contributed by atoms with Crippen LogP contribution in [0.3, 0.4) is 0 Å². The van der Waals surface area contributed by atoms with Gasteiger partial charge >= 0.3 is 6.11 Å². The first kappa shape index (κ1) is 19.5. The van der Waals surface area contributed by atoms with E-state index in [2.05, 4.69) is 0 Å². The summed E-state index contributed by atoms with van der Waals surface area (Å²) < 4.78 is 41.5. The topological polar surface area (TPSA) is 18.5 Å². The molecule has 4 rings (SSSR count). The summed E-state index contributed by atoms with van der Waals surface area (Å²) in [6.07, 6.45) is 1.94. The van der Waals surface area contributed by atoms with Gasteiger partial charge in [0.15, 0.2) is 6.10 Å². The van der Waals surface area contributed by atoms with E-state index >= 15 is 8.78 Å². The molecule has 0 spiro atoms. The number of rotatable bonds is 7. The van der Waals surface area contributed by atoms with Gasteiger partial charge in [-0.1, -0.05) is 80.3 Å². The van der Waals surface area contributed by atoms with Crippen LogP contribution in [0.1, 0.15) is 63.0 Å². The zero-order valence-electron chi connectivity index (χ0n) is 16.2. The number of hydrogen-bond donors (Lipinski definition) is 0. The first-order valence-electron chi connectivity index (χ1n) is 10.5. The number of ether oxygens (including phenoxy) is 2. The zero-order chi connectivity index (χ0) is 19.4. The summed E-state index contributed by atoms with van der Waals surface area (Å²) in [5.41, 5.74) is 2.55. The Morgan fingerprint density at radius 2 is 1.25 bits per heavy atom. The molecule has 2 aromatic carbocycles. The van der Waals surface area contributed by atoms with Gasteiger partial charge in [-0.2, -0.15) is 8.78 Å². The van der Waals surface area contributed by atoms with Gasteiger partial charge in [-0.05, 0) is 42.4 Å². The molecule has 0 saturated heterocycles. The van der Waals surface area contributed by atoms with E-state index in [1.807, 2.05) is 42.5 Å². The monoisotopic (exact) mass is 386 g/mol. The van der Waals surface area contributed by atoms with E-state index in [-0.39, 0.29) is 12.2 Å². The highest BCUT2D eigenvalue weighted by Crippen LogP contribution is 2.42. The molecule has 28 heavy (non-hydrogen) atoms. The second kappa shape index (κ2) is 8.71. The Kier molecular flexibility index (Phi) is 6.07. The van der Waals surface area contributed by atoms with Crippen molar-refractivity contribution in [3.63, 3.8) is 0 Å². The third kappa shape index (κ3) is 4.61. The summed E-state index contributed by atoms with van der Waals surface area (Å²) in [7, 11) is 0. The second-order valence-electron chi connectivity index (χ2n) is 8.00. The van der Waals surface area contributed by atoms with Crippen molar-refractivity contribution in [1.29, 1.82) is 0 Å². The molecule has 0 aromatic heterocycles. The minimum absolute atomic E-state index is 0.114. The Hall–Kier alpha value is -1.78. The van der Waals surface area contributed by atoms with Crippen LogP contribution in [0, 0.1) is 0 Å². The molecule has 0 amide bonds. The average Bonchev–Trinajstić information content (AvgIpc) is 3.41. The maximum atomic E-state index is 15.2. The van der Waals surface area contributed by atoms with E-state index in [1.54, 1.807) is 12.1 Å². The lowest BCUT2D eigenvalue weighted by Gasteiger charge is -2.31. The molecule has 1 atom stereocenters. The minimum atomic E-state index is -3.33. The van der Waals surface area contributed by atoms with Crippen LogP contribution >= 0.6 is 0 Å². The Balaban J connectivity index is 1.56. The van der Waals surface area contributed by atoms with Crippen molar-refractivity contribution in [1.82, 2.24) is 0 Å². The number of alkyl halides is 2. The molecule has 2 aromatic rings. The van der Waals surface area contributed by atoms with Crippen molar-refractivity contribution in [2.75, 3.05) is 0 Å². The summed E-state index contributed by atoms with van der Waals surface area (Å²) >= 11 is 0. The second-order valence-corrected chi connectivity index (χ2v) is 8.00. The van der Waals surface area contributed by atoms with E-state index in [0.717, 1.165) is 49.7 Å². The summed E-state index contributed by atoms with van der Waals surface area (Å²) in [4.78, 5) is 0. The van der Waals surface area contributed by atoms with E-state index < -0.39 is 12.2 Å². The molecule has 150 valence electrons. The zero-order valence-corrected chi connectivity index (χ0v) is 16.2. The smallest absolute Gasteiger partial charge is 0.361 e. The van der Waals surface area contributed by atoms with E-state index in [0.29, 0.717) is 18.4 Å². The predicted octanol–water partition coefficient (Wildman–Crippen LogP) is 6.91. The van der Waals surface area contributed by atoms with Crippen molar-refractivity contribution in [2.24, 2.45) is 0 Å². The maximum Gasteiger partial charge on any atom is 0.386 e. The van der Waals surface area contributed by atoms with Crippen LogP contribution in [0.5, 0.6) is 0 Å². The first-order chi connectivity index (χ1) is 13.6. The maximum absolute atomic E-state index is 15.2. The molecule has 0 radical (unpaired) electrons. The van der Waals surface area contributed by atoms with Crippen LogP contribution in [0.15, 0.2) is 54.6 Å². The highest BCUT2D eigenvalue weighted by molar-refractivity contribution is 5.63. The summed E-state index contributed by atoms with van der Waals surface area (Å²) in [5, 5.41) is 0. The summed E-state index contributed by atoms with van der Waals surface area (Å²) in [6.45, 7) is 0. The molecular formula is C24H28F2O2. The van der Waals surface area contributed by atoms with Gasteiger partial charge < -0.3 is 9.47 Å². The van der Waals surface area contributed by atoms with Crippen LogP contribution in [-0.2, 0) is 9.47 Å². The van der Waals surface area contributed by atoms with Crippen LogP contribution in [-0.4, -0.2) is 18.3 Å². The fraction of sp³-hybridized carbons (Fsp3) is 0.500. The highest BCUT2D eigenvalue weighted by Gasteiger charge is 2.46. The van der Waals surface area contributed by atoms with Gasteiger partial charge in [0.25, 0.3) is 0 Å². The molecule has 2 fully saturated rings. The van der Waals surface area contributed by atoms with E-state index in [1.165, 1.54) is 0 Å². The molecule has 2 nitrogen and oxygen atoms in total. The Morgan fingerprint density at radius 1 is 0.714 bits per heavy atom. The van der Waals surface area contributed by atoms with Crippen LogP contribution in [0.2, 0.25) is 0 Å². The van der Waals surface area contributed by atoms with Crippen LogP contribution < -0.4 is 0 Å². The highest BCUT2D eigenvalue weighted by atomic mass is 19.3. The van der Waals surface area contributed by atoms with Gasteiger partial charge in [0.1, 0.15) is 0 Å². The SMILES string of the molecule is FC(F)(OC1CCCC1)C(OC1CCCC1)c1ccc(-c2ccccc2)cc1. The Morgan fingerprint density at radius 3 is 1.86 bits per heavy atom. The molecule has 2 aliphatic rings. The molecule has 4 heteroatoms. The van der Waals surface area contributed by atoms with Crippen molar-refractivity contribution in [3.8, 4) is 11.1 Å². The standard InChI is InChI=1S/C24H28F2O2/c25-24(26,28-22-12-6-7-13-22)23(27-21-10-4-5-11-21)20-16-14-19(15-17-20)18-8-2-1-3-9-18/h1-3,8-9,14-17,21-23H,4-7,10-13H2. The van der Waals surface area contributed by atoms with Crippen molar-refractivity contribution >= 4 is 0 Å². The quantitative estimate of drug-likeness (QED) is 0.515. The lowest BCUT2D eigenvalue weighted by Crippen LogP contribution is -2.36. The van der Waals surface area contributed by atoms with E-state index in [4.69, 9.17) is 9.47 Å². The molecule has 2 saturated carbocycles. The number of hydrogen-bond acceptors (Lipinski definition) is 2. The van der Waals surface area contributed by atoms with Gasteiger partial charge in [-0.3, -0.25) is 0 Å². The fourth-order valence-electron chi connectivity index (χ4n) is 4.34. The summed E-state index contributed by atoms with van der Waals surface area (Å²) in [5.74, 6) is 0. The van der Waals surface area contributed by atoms with Gasteiger partial charge in [-0.25, -0.2) is 0 Å². The summed E-state index contributed by atoms with van der Waals surface area (Å²) in [6, 6.07) is 17.2. The molecule has 0 N–H and O–H groups in total. The molecule has 1 unspecified atom stereocenters. The Labute approximate surface area is 165 Å². The third-order valence-electron chi connectivity index (χ3n) is 5.88. The molecule has 0 heterocycles. The number of benzene rings is 2. The first-order valence-corrected chi connectivity index (χ1v) is 10.5. The normalized spacial score (nSPS) is 19.9. The van der Waals surface area contributed by atoms with Gasteiger partial charge in [0, 0.05) is 0 Å². The third-order valence-corrected chi connectivity index (χ3v) is 5.88. The van der Waals surface area contributed by atoms with Crippen LogP contribution in [0.25, 0.3) is 11.1 Å². The van der Waals surface area contributed by atoms with Gasteiger partial charge in [0.2, 0.25) is 0 Å². The predicted molar refractivity (Wildman–Crippen MR) is 106 cm³/mol. The molecule has 0 aliphatic heterocycles. The van der Waals surface area contributed by atoms with Crippen molar-refractivity contribution < 1.29 is 18.3 Å². The molecule has 2 aliphatic carbocycles. The van der Waals surface area contributed by atoms with Crippen molar-refractivity contribution in [3.05, 3.63) is 60.2 Å². The van der Waals surface area contributed by atoms with Crippen LogP contribution in [0.4, 0.5) is 8.78 Å².